The zero-order chi connectivity index (χ0) is 25.4. The molecule has 0 saturated carbocycles. The predicted molar refractivity (Wildman–Crippen MR) is 146 cm³/mol. The minimum absolute atomic E-state index is 0.0661. The number of para-hydroxylation sites is 1. The number of rotatable bonds is 4. The number of benzene rings is 2. The molecule has 4 aromatic rings. The molecular weight excluding hydrogens is 530 g/mol. The number of carbonyl (C=O) groups is 1. The van der Waals surface area contributed by atoms with Crippen LogP contribution in [0, 0.1) is 17.2 Å². The Hall–Kier alpha value is -4.03. The van der Waals surface area contributed by atoms with Gasteiger partial charge in [0.2, 0.25) is 0 Å². The molecule has 1 saturated heterocycles. The summed E-state index contributed by atoms with van der Waals surface area (Å²) in [6, 6.07) is 19.5. The van der Waals surface area contributed by atoms with Gasteiger partial charge < -0.3 is 9.80 Å². The molecule has 1 fully saturated rings. The molecule has 0 bridgehead atoms. The van der Waals surface area contributed by atoms with Gasteiger partial charge >= 0.3 is 6.03 Å². The summed E-state index contributed by atoms with van der Waals surface area (Å²) in [7, 11) is 0. The van der Waals surface area contributed by atoms with Gasteiger partial charge in [0.05, 0.1) is 16.9 Å². The minimum atomic E-state index is -0.0661. The number of piperidine rings is 1. The SMILES string of the molecule is N#Cc1cc(N2C(=O)N(CC3CCN(c4ncnc5cc(Br)ccc45)CC3)Cc3ccccc32)ccn1. The van der Waals surface area contributed by atoms with E-state index in [9.17, 15) is 10.1 Å². The number of amides is 2. The number of carbonyl (C=O) groups excluding carboxylic acids is 1. The Morgan fingerprint density at radius 1 is 1.03 bits per heavy atom. The van der Waals surface area contributed by atoms with Crippen molar-refractivity contribution in [1.29, 1.82) is 5.26 Å². The van der Waals surface area contributed by atoms with Crippen molar-refractivity contribution >= 4 is 50.1 Å². The normalized spacial score (nSPS) is 16.1. The molecule has 9 heteroatoms. The first-order chi connectivity index (χ1) is 18.1. The van der Waals surface area contributed by atoms with Crippen molar-refractivity contribution in [2.75, 3.05) is 29.4 Å². The third kappa shape index (κ3) is 4.49. The summed E-state index contributed by atoms with van der Waals surface area (Å²) in [6.07, 6.45) is 5.15. The van der Waals surface area contributed by atoms with Crippen LogP contribution in [-0.2, 0) is 6.54 Å². The molecule has 2 amide bonds. The van der Waals surface area contributed by atoms with Gasteiger partial charge in [0.1, 0.15) is 23.9 Å². The number of pyridine rings is 1. The molecule has 6 rings (SSSR count). The molecule has 4 heterocycles. The summed E-state index contributed by atoms with van der Waals surface area (Å²) in [5.41, 5.74) is 3.82. The van der Waals surface area contributed by atoms with Gasteiger partial charge in [-0.1, -0.05) is 34.1 Å². The van der Waals surface area contributed by atoms with Gasteiger partial charge in [-0.25, -0.2) is 19.7 Å². The van der Waals surface area contributed by atoms with Crippen LogP contribution in [-0.4, -0.2) is 45.5 Å². The second kappa shape index (κ2) is 9.79. The number of aromatic nitrogens is 3. The fourth-order valence-corrected chi connectivity index (χ4v) is 5.65. The topological polar surface area (TPSA) is 89.3 Å². The fourth-order valence-electron chi connectivity index (χ4n) is 5.30. The molecule has 2 aliphatic heterocycles. The summed E-state index contributed by atoms with van der Waals surface area (Å²) in [5.74, 6) is 1.36. The Morgan fingerprint density at radius 2 is 1.86 bits per heavy atom. The zero-order valence-electron chi connectivity index (χ0n) is 20.1. The lowest BCUT2D eigenvalue weighted by molar-refractivity contribution is 0.184. The highest BCUT2D eigenvalue weighted by Gasteiger charge is 2.33. The van der Waals surface area contributed by atoms with Crippen molar-refractivity contribution in [1.82, 2.24) is 19.9 Å². The maximum absolute atomic E-state index is 13.7. The molecule has 2 aromatic heterocycles. The Morgan fingerprint density at radius 3 is 2.70 bits per heavy atom. The smallest absolute Gasteiger partial charge is 0.329 e. The Kier molecular flexibility index (Phi) is 6.18. The average molecular weight is 554 g/mol. The predicted octanol–water partition coefficient (Wildman–Crippen LogP) is 5.65. The molecule has 37 heavy (non-hydrogen) atoms. The van der Waals surface area contributed by atoms with Crippen molar-refractivity contribution < 1.29 is 4.79 Å². The molecule has 184 valence electrons. The number of nitrogens with zero attached hydrogens (tertiary/aromatic N) is 7. The maximum atomic E-state index is 13.7. The van der Waals surface area contributed by atoms with Crippen molar-refractivity contribution in [3.05, 3.63) is 82.9 Å². The molecule has 2 aromatic carbocycles. The van der Waals surface area contributed by atoms with Gasteiger partial charge in [0.25, 0.3) is 0 Å². The van der Waals surface area contributed by atoms with Crippen molar-refractivity contribution in [3.63, 3.8) is 0 Å². The van der Waals surface area contributed by atoms with E-state index < -0.39 is 0 Å². The van der Waals surface area contributed by atoms with Gasteiger partial charge in [-0.3, -0.25) is 4.90 Å². The van der Waals surface area contributed by atoms with Crippen LogP contribution in [0.15, 0.2) is 71.6 Å². The Labute approximate surface area is 223 Å². The van der Waals surface area contributed by atoms with Crippen LogP contribution in [0.2, 0.25) is 0 Å². The fraction of sp³-hybridized carbons (Fsp3) is 0.250. The van der Waals surface area contributed by atoms with Gasteiger partial charge in [0, 0.05) is 42.2 Å². The monoisotopic (exact) mass is 553 g/mol. The molecular formula is C28H24BrN7O. The minimum Gasteiger partial charge on any atom is -0.356 e. The van der Waals surface area contributed by atoms with Crippen LogP contribution in [0.3, 0.4) is 0 Å². The van der Waals surface area contributed by atoms with E-state index in [1.54, 1.807) is 29.6 Å². The van der Waals surface area contributed by atoms with Crippen LogP contribution in [0.25, 0.3) is 10.9 Å². The molecule has 0 spiro atoms. The largest absolute Gasteiger partial charge is 0.356 e. The van der Waals surface area contributed by atoms with Gasteiger partial charge in [-0.05, 0) is 60.7 Å². The van der Waals surface area contributed by atoms with Gasteiger partial charge in [0.15, 0.2) is 0 Å². The second-order valence-corrected chi connectivity index (χ2v) is 10.3. The maximum Gasteiger partial charge on any atom is 0.329 e. The van der Waals surface area contributed by atoms with E-state index in [1.165, 1.54) is 0 Å². The highest BCUT2D eigenvalue weighted by atomic mass is 79.9. The van der Waals surface area contributed by atoms with E-state index in [2.05, 4.69) is 54.0 Å². The van der Waals surface area contributed by atoms with E-state index in [-0.39, 0.29) is 11.7 Å². The summed E-state index contributed by atoms with van der Waals surface area (Å²) >= 11 is 3.52. The summed E-state index contributed by atoms with van der Waals surface area (Å²) in [4.78, 5) is 32.8. The van der Waals surface area contributed by atoms with E-state index in [4.69, 9.17) is 0 Å². The molecule has 0 unspecified atom stereocenters. The first-order valence-electron chi connectivity index (χ1n) is 12.3. The Balaban J connectivity index is 1.20. The third-order valence-corrected chi connectivity index (χ3v) is 7.64. The lowest BCUT2D eigenvalue weighted by Crippen LogP contribution is -2.48. The first kappa shape index (κ1) is 23.4. The summed E-state index contributed by atoms with van der Waals surface area (Å²) in [6.45, 7) is 3.02. The highest BCUT2D eigenvalue weighted by molar-refractivity contribution is 9.10. The lowest BCUT2D eigenvalue weighted by atomic mass is 9.95. The van der Waals surface area contributed by atoms with Crippen molar-refractivity contribution in [2.24, 2.45) is 5.92 Å². The lowest BCUT2D eigenvalue weighted by Gasteiger charge is -2.40. The number of halogens is 1. The van der Waals surface area contributed by atoms with Crippen LogP contribution in [0.1, 0.15) is 24.1 Å². The van der Waals surface area contributed by atoms with Crippen LogP contribution < -0.4 is 9.80 Å². The number of hydrogen-bond donors (Lipinski definition) is 0. The molecule has 0 atom stereocenters. The number of hydrogen-bond acceptors (Lipinski definition) is 6. The van der Waals surface area contributed by atoms with E-state index in [0.29, 0.717) is 24.7 Å². The average Bonchev–Trinajstić information content (AvgIpc) is 2.93. The molecule has 2 aliphatic rings. The van der Waals surface area contributed by atoms with Crippen molar-refractivity contribution in [3.8, 4) is 6.07 Å². The third-order valence-electron chi connectivity index (χ3n) is 7.14. The molecule has 0 aliphatic carbocycles. The van der Waals surface area contributed by atoms with Crippen LogP contribution >= 0.6 is 15.9 Å². The van der Waals surface area contributed by atoms with E-state index in [0.717, 1.165) is 58.4 Å². The van der Waals surface area contributed by atoms with E-state index >= 15 is 0 Å². The standard InChI is InChI=1S/C28H24BrN7O/c29-21-5-6-24-25(13-21)32-18-33-27(24)34-11-8-19(9-12-34)16-35-17-20-3-1-2-4-26(20)36(28(35)37)23-7-10-31-22(14-23)15-30/h1-7,10,13-14,18-19H,8-9,11-12,16-17H2. The molecule has 0 N–H and O–H groups in total. The van der Waals surface area contributed by atoms with E-state index in [1.807, 2.05) is 35.2 Å². The quantitative estimate of drug-likeness (QED) is 0.324. The summed E-state index contributed by atoms with van der Waals surface area (Å²) in [5, 5.41) is 10.4. The second-order valence-electron chi connectivity index (χ2n) is 9.43. The number of nitriles is 1. The molecule has 0 radical (unpaired) electrons. The number of anilines is 3. The zero-order valence-corrected chi connectivity index (χ0v) is 21.7. The van der Waals surface area contributed by atoms with Crippen LogP contribution in [0.5, 0.6) is 0 Å². The number of urea groups is 1. The van der Waals surface area contributed by atoms with Gasteiger partial charge in [-0.2, -0.15) is 5.26 Å². The Bertz CT molecular complexity index is 1530. The summed E-state index contributed by atoms with van der Waals surface area (Å²) < 4.78 is 1.00. The highest BCUT2D eigenvalue weighted by Crippen LogP contribution is 2.36. The van der Waals surface area contributed by atoms with Gasteiger partial charge in [-0.15, -0.1) is 0 Å². The van der Waals surface area contributed by atoms with Crippen molar-refractivity contribution in [2.45, 2.75) is 19.4 Å². The number of fused-ring (bicyclic) bond motifs is 2. The first-order valence-corrected chi connectivity index (χ1v) is 13.1. The van der Waals surface area contributed by atoms with Crippen LogP contribution in [0.4, 0.5) is 22.0 Å². The molecule has 8 nitrogen and oxygen atoms in total.